The standard InChI is InChI=1S/C63H44N2/c1-63(2)57-24-14-12-22-51(57)52-30-26-46(40-58(52)63)45-29-33-62-56(39-45)55-38-44(43-27-31-60-54(37-43)53-23-13-15-25-59(53)64(60)49-20-10-5-11-21-49)28-32-61(55)65(62)50-35-47(41-16-6-3-7-17-41)34-48(36-50)42-18-8-4-9-19-42/h3-40H,1-2H3. The lowest BCUT2D eigenvalue weighted by Crippen LogP contribution is -2.14. The molecule has 2 nitrogen and oxygen atoms in total. The number of fused-ring (bicyclic) bond motifs is 9. The molecule has 2 heterocycles. The van der Waals surface area contributed by atoms with E-state index in [0.29, 0.717) is 0 Å². The number of hydrogen-bond acceptors (Lipinski definition) is 0. The van der Waals surface area contributed by atoms with Crippen LogP contribution in [-0.4, -0.2) is 9.13 Å². The van der Waals surface area contributed by atoms with Crippen LogP contribution in [-0.2, 0) is 5.41 Å². The molecule has 1 aliphatic rings. The summed E-state index contributed by atoms with van der Waals surface area (Å²) >= 11 is 0. The Morgan fingerprint density at radius 2 is 0.692 bits per heavy atom. The molecule has 0 saturated heterocycles. The number of hydrogen-bond donors (Lipinski definition) is 0. The normalized spacial score (nSPS) is 12.9. The number of aromatic nitrogens is 2. The van der Waals surface area contributed by atoms with Gasteiger partial charge >= 0.3 is 0 Å². The van der Waals surface area contributed by atoms with Crippen molar-refractivity contribution in [3.63, 3.8) is 0 Å². The van der Waals surface area contributed by atoms with Gasteiger partial charge < -0.3 is 9.13 Å². The summed E-state index contributed by atoms with van der Waals surface area (Å²) < 4.78 is 4.87. The summed E-state index contributed by atoms with van der Waals surface area (Å²) in [5.41, 5.74) is 22.1. The SMILES string of the molecule is CC1(C)c2ccccc2-c2ccc(-c3ccc4c(c3)c3cc(-c5ccc6c(c5)c5ccccc5n6-c5ccccc5)ccc3n4-c3cc(-c4ccccc4)cc(-c4ccccc4)c3)cc21. The zero-order valence-electron chi connectivity index (χ0n) is 36.3. The van der Waals surface area contributed by atoms with Crippen LogP contribution < -0.4 is 0 Å². The summed E-state index contributed by atoms with van der Waals surface area (Å²) in [6.07, 6.45) is 0. The molecule has 0 bridgehead atoms. The maximum Gasteiger partial charge on any atom is 0.0541 e. The Balaban J connectivity index is 1.03. The zero-order valence-corrected chi connectivity index (χ0v) is 36.3. The van der Waals surface area contributed by atoms with Crippen molar-refractivity contribution >= 4 is 43.6 Å². The third kappa shape index (κ3) is 5.88. The molecule has 13 rings (SSSR count). The van der Waals surface area contributed by atoms with E-state index in [0.717, 1.165) is 5.69 Å². The van der Waals surface area contributed by atoms with Crippen LogP contribution in [0.25, 0.3) is 111 Å². The number of para-hydroxylation sites is 2. The Kier molecular flexibility index (Phi) is 8.29. The van der Waals surface area contributed by atoms with Gasteiger partial charge in [-0.3, -0.25) is 0 Å². The summed E-state index contributed by atoms with van der Waals surface area (Å²) in [6, 6.07) is 85.3. The van der Waals surface area contributed by atoms with Gasteiger partial charge in [-0.15, -0.1) is 0 Å². The highest BCUT2D eigenvalue weighted by molar-refractivity contribution is 6.13. The second-order valence-corrected chi connectivity index (χ2v) is 18.2. The molecule has 65 heavy (non-hydrogen) atoms. The van der Waals surface area contributed by atoms with Gasteiger partial charge in [-0.05, 0) is 146 Å². The monoisotopic (exact) mass is 828 g/mol. The molecule has 10 aromatic carbocycles. The van der Waals surface area contributed by atoms with E-state index in [1.54, 1.807) is 0 Å². The van der Waals surface area contributed by atoms with Gasteiger partial charge in [0, 0.05) is 38.3 Å². The predicted octanol–water partition coefficient (Wildman–Crippen LogP) is 16.9. The topological polar surface area (TPSA) is 9.86 Å². The lowest BCUT2D eigenvalue weighted by Gasteiger charge is -2.22. The second-order valence-electron chi connectivity index (χ2n) is 18.2. The first-order valence-corrected chi connectivity index (χ1v) is 22.7. The third-order valence-corrected chi connectivity index (χ3v) is 14.1. The van der Waals surface area contributed by atoms with E-state index in [-0.39, 0.29) is 5.41 Å². The largest absolute Gasteiger partial charge is 0.309 e. The summed E-state index contributed by atoms with van der Waals surface area (Å²) in [6.45, 7) is 4.73. The van der Waals surface area contributed by atoms with Gasteiger partial charge in [0.2, 0.25) is 0 Å². The molecule has 0 spiro atoms. The third-order valence-electron chi connectivity index (χ3n) is 14.1. The highest BCUT2D eigenvalue weighted by Crippen LogP contribution is 2.50. The van der Waals surface area contributed by atoms with E-state index in [2.05, 4.69) is 254 Å². The van der Waals surface area contributed by atoms with Crippen LogP contribution in [0.15, 0.2) is 231 Å². The molecule has 306 valence electrons. The van der Waals surface area contributed by atoms with Gasteiger partial charge in [-0.2, -0.15) is 0 Å². The average molecular weight is 829 g/mol. The lowest BCUT2D eigenvalue weighted by molar-refractivity contribution is 0.660. The van der Waals surface area contributed by atoms with Crippen molar-refractivity contribution in [3.05, 3.63) is 242 Å². The quantitative estimate of drug-likeness (QED) is 0.158. The lowest BCUT2D eigenvalue weighted by atomic mass is 9.81. The van der Waals surface area contributed by atoms with E-state index in [1.807, 2.05) is 0 Å². The van der Waals surface area contributed by atoms with E-state index in [4.69, 9.17) is 0 Å². The Morgan fingerprint density at radius 3 is 1.29 bits per heavy atom. The van der Waals surface area contributed by atoms with Crippen molar-refractivity contribution in [1.82, 2.24) is 9.13 Å². The molecule has 0 unspecified atom stereocenters. The van der Waals surface area contributed by atoms with Crippen molar-refractivity contribution in [1.29, 1.82) is 0 Å². The van der Waals surface area contributed by atoms with E-state index >= 15 is 0 Å². The van der Waals surface area contributed by atoms with Gasteiger partial charge in [0.1, 0.15) is 0 Å². The minimum absolute atomic E-state index is 0.0777. The Bertz CT molecular complexity index is 3770. The maximum absolute atomic E-state index is 2.48. The molecule has 0 radical (unpaired) electrons. The van der Waals surface area contributed by atoms with Crippen LogP contribution in [0.4, 0.5) is 0 Å². The molecule has 12 aromatic rings. The summed E-state index contributed by atoms with van der Waals surface area (Å²) in [5.74, 6) is 0. The average Bonchev–Trinajstić information content (AvgIpc) is 3.96. The zero-order chi connectivity index (χ0) is 43.2. The van der Waals surface area contributed by atoms with Gasteiger partial charge in [0.15, 0.2) is 0 Å². The molecule has 0 saturated carbocycles. The smallest absolute Gasteiger partial charge is 0.0541 e. The number of nitrogens with zero attached hydrogens (tertiary/aromatic N) is 2. The summed E-state index contributed by atoms with van der Waals surface area (Å²) in [7, 11) is 0. The molecular weight excluding hydrogens is 785 g/mol. The van der Waals surface area contributed by atoms with Crippen molar-refractivity contribution in [3.8, 4) is 67.0 Å². The van der Waals surface area contributed by atoms with Gasteiger partial charge in [0.25, 0.3) is 0 Å². The second kappa shape index (κ2) is 14.4. The fourth-order valence-corrected chi connectivity index (χ4v) is 10.9. The van der Waals surface area contributed by atoms with Crippen molar-refractivity contribution in [2.75, 3.05) is 0 Å². The van der Waals surface area contributed by atoms with Crippen molar-refractivity contribution < 1.29 is 0 Å². The molecule has 0 atom stereocenters. The highest BCUT2D eigenvalue weighted by atomic mass is 15.0. The Hall–Kier alpha value is -8.20. The van der Waals surface area contributed by atoms with E-state index < -0.39 is 0 Å². The van der Waals surface area contributed by atoms with E-state index in [1.165, 1.54) is 116 Å². The van der Waals surface area contributed by atoms with Crippen LogP contribution >= 0.6 is 0 Å². The molecular formula is C63H44N2. The fraction of sp³-hybridized carbons (Fsp3) is 0.0476. The van der Waals surface area contributed by atoms with Gasteiger partial charge in [-0.1, -0.05) is 166 Å². The fourth-order valence-electron chi connectivity index (χ4n) is 10.9. The first-order chi connectivity index (χ1) is 32.0. The first kappa shape index (κ1) is 37.4. The summed E-state index contributed by atoms with van der Waals surface area (Å²) in [4.78, 5) is 0. The number of rotatable bonds is 6. The molecule has 1 aliphatic carbocycles. The molecule has 0 N–H and O–H groups in total. The van der Waals surface area contributed by atoms with Gasteiger partial charge in [-0.25, -0.2) is 0 Å². The number of benzene rings is 10. The summed E-state index contributed by atoms with van der Waals surface area (Å²) in [5, 5.41) is 4.96. The molecule has 0 aliphatic heterocycles. The predicted molar refractivity (Wildman–Crippen MR) is 274 cm³/mol. The molecule has 0 fully saturated rings. The Morgan fingerprint density at radius 1 is 0.262 bits per heavy atom. The minimum atomic E-state index is -0.0777. The Labute approximate surface area is 378 Å². The first-order valence-electron chi connectivity index (χ1n) is 22.7. The maximum atomic E-state index is 2.48. The molecule has 2 heteroatoms. The molecule has 2 aromatic heterocycles. The van der Waals surface area contributed by atoms with Crippen LogP contribution in [0, 0.1) is 0 Å². The minimum Gasteiger partial charge on any atom is -0.309 e. The highest BCUT2D eigenvalue weighted by Gasteiger charge is 2.35. The van der Waals surface area contributed by atoms with Crippen LogP contribution in [0.1, 0.15) is 25.0 Å². The van der Waals surface area contributed by atoms with Crippen LogP contribution in [0.3, 0.4) is 0 Å². The van der Waals surface area contributed by atoms with E-state index in [9.17, 15) is 0 Å². The van der Waals surface area contributed by atoms with Crippen LogP contribution in [0.2, 0.25) is 0 Å². The van der Waals surface area contributed by atoms with Crippen molar-refractivity contribution in [2.24, 2.45) is 0 Å². The molecule has 0 amide bonds. The van der Waals surface area contributed by atoms with Crippen molar-refractivity contribution in [2.45, 2.75) is 19.3 Å². The van der Waals surface area contributed by atoms with Gasteiger partial charge in [0.05, 0.1) is 22.1 Å². The van der Waals surface area contributed by atoms with Crippen LogP contribution in [0.5, 0.6) is 0 Å².